The molecule has 1 aromatic carbocycles. The first kappa shape index (κ1) is 16.4. The fourth-order valence-electron chi connectivity index (χ4n) is 3.03. The molecule has 3 aromatic heterocycles. The Balaban J connectivity index is 2.11. The van der Waals surface area contributed by atoms with Gasteiger partial charge in [-0.1, -0.05) is 18.2 Å². The summed E-state index contributed by atoms with van der Waals surface area (Å²) in [7, 11) is 0. The number of benzene rings is 1. The van der Waals surface area contributed by atoms with Gasteiger partial charge in [-0.15, -0.1) is 0 Å². The van der Waals surface area contributed by atoms with Gasteiger partial charge in [0.2, 0.25) is 0 Å². The van der Waals surface area contributed by atoms with Crippen LogP contribution in [-0.2, 0) is 6.18 Å². The smallest absolute Gasteiger partial charge is 0.417 e. The zero-order valence-corrected chi connectivity index (χ0v) is 14.0. The lowest BCUT2D eigenvalue weighted by Crippen LogP contribution is -2.08. The SMILES string of the molecule is Cc1ccccc1-n1nc(C)c2c(C(F)(F)F)cc(-c3ccco3)nc21. The van der Waals surface area contributed by atoms with E-state index in [1.54, 1.807) is 25.1 Å². The van der Waals surface area contributed by atoms with E-state index in [2.05, 4.69) is 10.1 Å². The lowest BCUT2D eigenvalue weighted by atomic mass is 10.1. The second-order valence-corrected chi connectivity index (χ2v) is 6.01. The maximum atomic E-state index is 13.7. The molecule has 0 bridgehead atoms. The van der Waals surface area contributed by atoms with Crippen molar-refractivity contribution in [3.63, 3.8) is 0 Å². The maximum Gasteiger partial charge on any atom is 0.417 e. The predicted octanol–water partition coefficient (Wildman–Crippen LogP) is 5.32. The number of nitrogens with zero attached hydrogens (tertiary/aromatic N) is 3. The lowest BCUT2D eigenvalue weighted by molar-refractivity contribution is -0.136. The first-order valence-electron chi connectivity index (χ1n) is 7.93. The van der Waals surface area contributed by atoms with Crippen LogP contribution in [0, 0.1) is 13.8 Å². The number of halogens is 3. The Morgan fingerprint density at radius 3 is 2.46 bits per heavy atom. The van der Waals surface area contributed by atoms with Crippen LogP contribution in [-0.4, -0.2) is 14.8 Å². The minimum Gasteiger partial charge on any atom is -0.463 e. The van der Waals surface area contributed by atoms with E-state index in [0.717, 1.165) is 11.6 Å². The van der Waals surface area contributed by atoms with Crippen LogP contribution in [0.1, 0.15) is 16.8 Å². The second-order valence-electron chi connectivity index (χ2n) is 6.01. The second kappa shape index (κ2) is 5.72. The molecule has 0 unspecified atom stereocenters. The maximum absolute atomic E-state index is 13.7. The Bertz CT molecular complexity index is 1100. The predicted molar refractivity (Wildman–Crippen MR) is 91.0 cm³/mol. The van der Waals surface area contributed by atoms with Gasteiger partial charge in [-0.2, -0.15) is 18.3 Å². The Morgan fingerprint density at radius 2 is 1.81 bits per heavy atom. The van der Waals surface area contributed by atoms with Gasteiger partial charge in [0.25, 0.3) is 0 Å². The summed E-state index contributed by atoms with van der Waals surface area (Å²) < 4.78 is 47.9. The molecule has 0 amide bonds. The van der Waals surface area contributed by atoms with Gasteiger partial charge in [0.1, 0.15) is 5.69 Å². The fourth-order valence-corrected chi connectivity index (χ4v) is 3.03. The van der Waals surface area contributed by atoms with Gasteiger partial charge in [-0.25, -0.2) is 9.67 Å². The highest BCUT2D eigenvalue weighted by Gasteiger charge is 2.36. The third-order valence-corrected chi connectivity index (χ3v) is 4.24. The summed E-state index contributed by atoms with van der Waals surface area (Å²) in [5.41, 5.74) is 1.33. The molecule has 0 aliphatic heterocycles. The molecule has 0 fully saturated rings. The van der Waals surface area contributed by atoms with E-state index in [-0.39, 0.29) is 28.2 Å². The van der Waals surface area contributed by atoms with Gasteiger partial charge >= 0.3 is 6.18 Å². The van der Waals surface area contributed by atoms with Crippen LogP contribution in [0.3, 0.4) is 0 Å². The summed E-state index contributed by atoms with van der Waals surface area (Å²) in [6.45, 7) is 3.43. The van der Waals surface area contributed by atoms with Crippen LogP contribution in [0.2, 0.25) is 0 Å². The molecule has 0 spiro atoms. The fraction of sp³-hybridized carbons (Fsp3) is 0.158. The van der Waals surface area contributed by atoms with Crippen LogP contribution in [0.15, 0.2) is 53.1 Å². The van der Waals surface area contributed by atoms with Crippen LogP contribution >= 0.6 is 0 Å². The number of aromatic nitrogens is 3. The van der Waals surface area contributed by atoms with Crippen molar-refractivity contribution in [1.29, 1.82) is 0 Å². The molecule has 4 rings (SSSR count). The lowest BCUT2D eigenvalue weighted by Gasteiger charge is -2.11. The first-order chi connectivity index (χ1) is 12.4. The van der Waals surface area contributed by atoms with Gasteiger partial charge in [0.15, 0.2) is 11.4 Å². The molecular weight excluding hydrogens is 343 g/mol. The van der Waals surface area contributed by atoms with Crippen molar-refractivity contribution in [2.45, 2.75) is 20.0 Å². The van der Waals surface area contributed by atoms with Crippen LogP contribution in [0.4, 0.5) is 13.2 Å². The molecule has 0 N–H and O–H groups in total. The van der Waals surface area contributed by atoms with Crippen LogP contribution < -0.4 is 0 Å². The largest absolute Gasteiger partial charge is 0.463 e. The molecule has 0 radical (unpaired) electrons. The molecule has 0 atom stereocenters. The average Bonchev–Trinajstić information content (AvgIpc) is 3.22. The molecular formula is C19H14F3N3O. The summed E-state index contributed by atoms with van der Waals surface area (Å²) >= 11 is 0. The summed E-state index contributed by atoms with van der Waals surface area (Å²) in [4.78, 5) is 4.44. The van der Waals surface area contributed by atoms with Crippen molar-refractivity contribution < 1.29 is 17.6 Å². The highest BCUT2D eigenvalue weighted by atomic mass is 19.4. The molecule has 0 aliphatic carbocycles. The third kappa shape index (κ3) is 2.56. The van der Waals surface area contributed by atoms with Crippen molar-refractivity contribution in [3.05, 3.63) is 65.5 Å². The Kier molecular flexibility index (Phi) is 3.61. The van der Waals surface area contributed by atoms with Crippen molar-refractivity contribution in [1.82, 2.24) is 14.8 Å². The molecule has 0 saturated carbocycles. The molecule has 4 aromatic rings. The summed E-state index contributed by atoms with van der Waals surface area (Å²) in [6, 6.07) is 11.5. The Hall–Kier alpha value is -3.09. The average molecular weight is 357 g/mol. The van der Waals surface area contributed by atoms with Crippen molar-refractivity contribution in [3.8, 4) is 17.1 Å². The number of fused-ring (bicyclic) bond motifs is 1. The minimum absolute atomic E-state index is 0.00365. The zero-order valence-electron chi connectivity index (χ0n) is 14.0. The number of aryl methyl sites for hydroxylation is 2. The van der Waals surface area contributed by atoms with Gasteiger partial charge in [0.05, 0.1) is 28.6 Å². The Morgan fingerprint density at radius 1 is 1.04 bits per heavy atom. The molecule has 0 aliphatic rings. The zero-order chi connectivity index (χ0) is 18.5. The van der Waals surface area contributed by atoms with E-state index >= 15 is 0 Å². The number of pyridine rings is 1. The summed E-state index contributed by atoms with van der Waals surface area (Å²) in [5, 5.41) is 4.34. The number of rotatable bonds is 2. The summed E-state index contributed by atoms with van der Waals surface area (Å²) in [6.07, 6.45) is -3.13. The monoisotopic (exact) mass is 357 g/mol. The van der Waals surface area contributed by atoms with Gasteiger partial charge < -0.3 is 4.42 Å². The summed E-state index contributed by atoms with van der Waals surface area (Å²) in [5.74, 6) is 0.271. The Labute approximate surface area is 146 Å². The highest BCUT2D eigenvalue weighted by molar-refractivity contribution is 5.86. The number of furan rings is 1. The first-order valence-corrected chi connectivity index (χ1v) is 7.93. The molecule has 7 heteroatoms. The normalized spacial score (nSPS) is 12.0. The van der Waals surface area contributed by atoms with Crippen molar-refractivity contribution in [2.75, 3.05) is 0 Å². The van der Waals surface area contributed by atoms with Gasteiger partial charge in [0, 0.05) is 0 Å². The van der Waals surface area contributed by atoms with Gasteiger partial charge in [-0.3, -0.25) is 0 Å². The van der Waals surface area contributed by atoms with Crippen molar-refractivity contribution in [2.24, 2.45) is 0 Å². The third-order valence-electron chi connectivity index (χ3n) is 4.24. The minimum atomic E-state index is -4.53. The van der Waals surface area contributed by atoms with E-state index in [1.807, 2.05) is 25.1 Å². The number of alkyl halides is 3. The molecule has 26 heavy (non-hydrogen) atoms. The number of hydrogen-bond donors (Lipinski definition) is 0. The molecule has 132 valence electrons. The van der Waals surface area contributed by atoms with Gasteiger partial charge in [-0.05, 0) is 43.7 Å². The van der Waals surface area contributed by atoms with Crippen LogP contribution in [0.5, 0.6) is 0 Å². The highest BCUT2D eigenvalue weighted by Crippen LogP contribution is 2.38. The number of hydrogen-bond acceptors (Lipinski definition) is 3. The van der Waals surface area contributed by atoms with E-state index in [0.29, 0.717) is 5.69 Å². The molecule has 4 nitrogen and oxygen atoms in total. The molecule has 0 saturated heterocycles. The van der Waals surface area contributed by atoms with E-state index in [1.165, 1.54) is 10.9 Å². The van der Waals surface area contributed by atoms with Crippen LogP contribution in [0.25, 0.3) is 28.2 Å². The van der Waals surface area contributed by atoms with E-state index in [4.69, 9.17) is 4.42 Å². The number of para-hydroxylation sites is 1. The standard InChI is InChI=1S/C19H14F3N3O/c1-11-6-3-4-7-15(11)25-18-17(12(2)24-25)13(19(20,21)22)10-14(23-18)16-8-5-9-26-16/h3-10H,1-2H3. The topological polar surface area (TPSA) is 43.9 Å². The quantitative estimate of drug-likeness (QED) is 0.488. The van der Waals surface area contributed by atoms with E-state index in [9.17, 15) is 13.2 Å². The van der Waals surface area contributed by atoms with Crippen molar-refractivity contribution >= 4 is 11.0 Å². The molecule has 3 heterocycles. The van der Waals surface area contributed by atoms with E-state index < -0.39 is 11.7 Å².